The lowest BCUT2D eigenvalue weighted by atomic mass is 9.90. The second-order valence-corrected chi connectivity index (χ2v) is 6.70. The zero-order chi connectivity index (χ0) is 16.6. The van der Waals surface area contributed by atoms with E-state index in [1.54, 1.807) is 0 Å². The van der Waals surface area contributed by atoms with Crippen molar-refractivity contribution in [3.63, 3.8) is 0 Å². The van der Waals surface area contributed by atoms with Crippen molar-refractivity contribution in [3.05, 3.63) is 0 Å². The van der Waals surface area contributed by atoms with Gasteiger partial charge in [0.1, 0.15) is 18.3 Å². The van der Waals surface area contributed by atoms with E-state index in [4.69, 9.17) is 54.8 Å². The van der Waals surface area contributed by atoms with Gasteiger partial charge in [-0.2, -0.15) is 0 Å². The van der Waals surface area contributed by atoms with E-state index in [0.717, 1.165) is 6.92 Å². The van der Waals surface area contributed by atoms with Crippen molar-refractivity contribution < 1.29 is 34.7 Å². The molecular formula is C10H14Cl3NO7. The molecule has 0 amide bonds. The Labute approximate surface area is 134 Å². The molecule has 0 radical (unpaired) electrons. The van der Waals surface area contributed by atoms with Gasteiger partial charge in [0.05, 0.1) is 6.61 Å². The summed E-state index contributed by atoms with van der Waals surface area (Å²) in [5, 5.41) is 45.9. The van der Waals surface area contributed by atoms with E-state index < -0.39 is 52.3 Å². The van der Waals surface area contributed by atoms with Crippen LogP contribution < -0.4 is 0 Å². The Morgan fingerprint density at radius 2 is 1.86 bits per heavy atom. The van der Waals surface area contributed by atoms with Gasteiger partial charge in [-0.3, -0.25) is 10.2 Å². The average Bonchev–Trinajstić information content (AvgIpc) is 2.38. The number of aliphatic hydroxyl groups excluding tert-OH is 4. The molecule has 0 aromatic heterocycles. The standard InChI is InChI=1S/C10H14Cl3NO7/c1-3(16)9(21-8(14)10(11,12)13)7(19)6(18)5(17)4(2-15)20-9/h4-7,14-15,17-19H,2H2,1H3/t4-,5-,6+,7-,9+/m1/s1. The Morgan fingerprint density at radius 3 is 2.24 bits per heavy atom. The Hall–Kier alpha value is -0.190. The molecule has 8 nitrogen and oxygen atoms in total. The molecule has 5 atom stereocenters. The van der Waals surface area contributed by atoms with Crippen LogP contribution in [0.25, 0.3) is 0 Å². The number of aliphatic hydroxyl groups is 4. The summed E-state index contributed by atoms with van der Waals surface area (Å²) in [6.07, 6.45) is -7.08. The molecule has 1 aliphatic rings. The number of hydrogen-bond acceptors (Lipinski definition) is 8. The third-order valence-electron chi connectivity index (χ3n) is 2.95. The van der Waals surface area contributed by atoms with E-state index in [1.165, 1.54) is 0 Å². The molecule has 5 N–H and O–H groups in total. The highest BCUT2D eigenvalue weighted by molar-refractivity contribution is 6.76. The first-order valence-corrected chi connectivity index (χ1v) is 6.79. The van der Waals surface area contributed by atoms with Gasteiger partial charge in [-0.15, -0.1) is 0 Å². The van der Waals surface area contributed by atoms with Crippen LogP contribution in [0.2, 0.25) is 0 Å². The number of carbonyl (C=O) groups is 1. The quantitative estimate of drug-likeness (QED) is 0.248. The number of ether oxygens (including phenoxy) is 2. The van der Waals surface area contributed by atoms with Crippen LogP contribution in [0.15, 0.2) is 0 Å². The monoisotopic (exact) mass is 365 g/mol. The van der Waals surface area contributed by atoms with Gasteiger partial charge in [-0.05, 0) is 0 Å². The summed E-state index contributed by atoms with van der Waals surface area (Å²) in [5.74, 6) is -4.59. The molecule has 1 aliphatic heterocycles. The average molecular weight is 367 g/mol. The maximum Gasteiger partial charge on any atom is 0.301 e. The molecule has 11 heteroatoms. The van der Waals surface area contributed by atoms with Gasteiger partial charge in [0, 0.05) is 6.92 Å². The number of nitrogens with one attached hydrogen (secondary N) is 1. The highest BCUT2D eigenvalue weighted by atomic mass is 35.6. The van der Waals surface area contributed by atoms with E-state index in [9.17, 15) is 20.1 Å². The molecule has 1 saturated heterocycles. The number of ketones is 1. The van der Waals surface area contributed by atoms with Gasteiger partial charge in [0.2, 0.25) is 11.7 Å². The fraction of sp³-hybridized carbons (Fsp3) is 0.800. The van der Waals surface area contributed by atoms with Gasteiger partial charge in [0.25, 0.3) is 3.79 Å². The minimum absolute atomic E-state index is 0.787. The molecule has 0 saturated carbocycles. The number of alkyl halides is 3. The molecule has 0 spiro atoms. The normalized spacial score (nSPS) is 37.1. The first-order valence-electron chi connectivity index (χ1n) is 5.66. The zero-order valence-corrected chi connectivity index (χ0v) is 12.9. The third-order valence-corrected chi connectivity index (χ3v) is 3.47. The summed E-state index contributed by atoms with van der Waals surface area (Å²) in [7, 11) is 0. The predicted molar refractivity (Wildman–Crippen MR) is 72.5 cm³/mol. The largest absolute Gasteiger partial charge is 0.435 e. The Bertz CT molecular complexity index is 427. The van der Waals surface area contributed by atoms with Crippen LogP contribution in [0.5, 0.6) is 0 Å². The van der Waals surface area contributed by atoms with Gasteiger partial charge in [-0.25, -0.2) is 0 Å². The van der Waals surface area contributed by atoms with Crippen molar-refractivity contribution in [2.45, 2.75) is 40.9 Å². The summed E-state index contributed by atoms with van der Waals surface area (Å²) in [6, 6.07) is 0. The molecule has 0 unspecified atom stereocenters. The van der Waals surface area contributed by atoms with E-state index >= 15 is 0 Å². The topological polar surface area (TPSA) is 140 Å². The first kappa shape index (κ1) is 18.9. The SMILES string of the molecule is CC(=O)[C@@]1(OC(=N)C(Cl)(Cl)Cl)O[C@H](CO)[C@@H](O)[C@H](O)[C@H]1O. The van der Waals surface area contributed by atoms with Crippen LogP contribution in [-0.4, -0.2) is 72.7 Å². The number of halogens is 3. The first-order chi connectivity index (χ1) is 9.47. The summed E-state index contributed by atoms with van der Waals surface area (Å²) in [4.78, 5) is 11.8. The Kier molecular flexibility index (Phi) is 5.85. The molecule has 1 heterocycles. The molecule has 21 heavy (non-hydrogen) atoms. The highest BCUT2D eigenvalue weighted by Gasteiger charge is 2.60. The van der Waals surface area contributed by atoms with E-state index in [2.05, 4.69) is 0 Å². The number of hydrogen-bond donors (Lipinski definition) is 5. The van der Waals surface area contributed by atoms with E-state index in [-0.39, 0.29) is 0 Å². The van der Waals surface area contributed by atoms with E-state index in [1.807, 2.05) is 0 Å². The molecular weight excluding hydrogens is 352 g/mol. The molecule has 1 rings (SSSR count). The maximum absolute atomic E-state index is 11.8. The van der Waals surface area contributed by atoms with Crippen LogP contribution in [0.3, 0.4) is 0 Å². The van der Waals surface area contributed by atoms with Crippen LogP contribution in [-0.2, 0) is 14.3 Å². The van der Waals surface area contributed by atoms with Crippen molar-refractivity contribution in [2.24, 2.45) is 0 Å². The predicted octanol–water partition coefficient (Wildman–Crippen LogP) is -0.890. The van der Waals surface area contributed by atoms with Crippen molar-refractivity contribution >= 4 is 46.5 Å². The summed E-state index contributed by atoms with van der Waals surface area (Å²) in [6.45, 7) is 0.151. The smallest absolute Gasteiger partial charge is 0.301 e. The minimum Gasteiger partial charge on any atom is -0.435 e. The lowest BCUT2D eigenvalue weighted by Crippen LogP contribution is -2.69. The van der Waals surface area contributed by atoms with Gasteiger partial charge < -0.3 is 29.9 Å². The van der Waals surface area contributed by atoms with Gasteiger partial charge in [0.15, 0.2) is 6.10 Å². The number of rotatable bonds is 3. The number of Topliss-reactive ketones (excluding diaryl/α,β-unsaturated/α-hetero) is 1. The highest BCUT2D eigenvalue weighted by Crippen LogP contribution is 2.36. The molecule has 0 aromatic carbocycles. The van der Waals surface area contributed by atoms with Crippen LogP contribution in [0, 0.1) is 5.41 Å². The molecule has 122 valence electrons. The summed E-state index contributed by atoms with van der Waals surface area (Å²) < 4.78 is 7.55. The van der Waals surface area contributed by atoms with Crippen LogP contribution in [0.1, 0.15) is 6.92 Å². The van der Waals surface area contributed by atoms with Crippen LogP contribution in [0.4, 0.5) is 0 Å². The molecule has 1 fully saturated rings. The van der Waals surface area contributed by atoms with Crippen molar-refractivity contribution in [2.75, 3.05) is 6.61 Å². The Morgan fingerprint density at radius 1 is 1.33 bits per heavy atom. The van der Waals surface area contributed by atoms with Crippen molar-refractivity contribution in [3.8, 4) is 0 Å². The van der Waals surface area contributed by atoms with Crippen molar-refractivity contribution in [1.29, 1.82) is 5.41 Å². The molecule has 0 bridgehead atoms. The minimum atomic E-state index is -2.59. The van der Waals surface area contributed by atoms with E-state index in [0.29, 0.717) is 0 Å². The summed E-state index contributed by atoms with van der Waals surface area (Å²) >= 11 is 16.3. The zero-order valence-electron chi connectivity index (χ0n) is 10.7. The van der Waals surface area contributed by atoms with Crippen LogP contribution >= 0.6 is 34.8 Å². The fourth-order valence-corrected chi connectivity index (χ4v) is 1.91. The lowest BCUT2D eigenvalue weighted by Gasteiger charge is -2.46. The van der Waals surface area contributed by atoms with Gasteiger partial charge in [-0.1, -0.05) is 34.8 Å². The maximum atomic E-state index is 11.8. The van der Waals surface area contributed by atoms with Crippen molar-refractivity contribution in [1.82, 2.24) is 0 Å². The number of carbonyl (C=O) groups excluding carboxylic acids is 1. The molecule has 0 aromatic rings. The summed E-state index contributed by atoms with van der Waals surface area (Å²) in [5.41, 5.74) is 0. The second-order valence-electron chi connectivity index (χ2n) is 4.42. The third kappa shape index (κ3) is 3.59. The second kappa shape index (κ2) is 6.51. The van der Waals surface area contributed by atoms with Gasteiger partial charge >= 0.3 is 5.79 Å². The molecule has 0 aliphatic carbocycles. The lowest BCUT2D eigenvalue weighted by molar-refractivity contribution is -0.324. The Balaban J connectivity index is 3.19. The fourth-order valence-electron chi connectivity index (χ4n) is 1.80.